The summed E-state index contributed by atoms with van der Waals surface area (Å²) in [5.41, 5.74) is 0. The molecule has 0 aliphatic heterocycles. The first kappa shape index (κ1) is 14.9. The minimum absolute atomic E-state index is 0.325. The van der Waals surface area contributed by atoms with E-state index in [2.05, 4.69) is 17.3 Å². The number of nitrogens with one attached hydrogen (secondary N) is 1. The van der Waals surface area contributed by atoms with Crippen LogP contribution in [0.3, 0.4) is 0 Å². The van der Waals surface area contributed by atoms with Crippen LogP contribution in [0.4, 0.5) is 0 Å². The minimum atomic E-state index is 0.325. The molecule has 0 amide bonds. The Kier molecular flexibility index (Phi) is 8.67. The Morgan fingerprint density at radius 3 is 2.47 bits per heavy atom. The zero-order valence-corrected chi connectivity index (χ0v) is 11.5. The van der Waals surface area contributed by atoms with Crippen molar-refractivity contribution < 1.29 is 5.11 Å². The van der Waals surface area contributed by atoms with E-state index in [1.54, 1.807) is 0 Å². The van der Waals surface area contributed by atoms with E-state index in [0.29, 0.717) is 6.61 Å². The van der Waals surface area contributed by atoms with Gasteiger partial charge in [-0.25, -0.2) is 0 Å². The molecule has 0 aromatic heterocycles. The molecule has 3 heteroatoms. The van der Waals surface area contributed by atoms with Crippen LogP contribution in [0.15, 0.2) is 0 Å². The lowest BCUT2D eigenvalue weighted by Crippen LogP contribution is -2.35. The highest BCUT2D eigenvalue weighted by Gasteiger charge is 2.16. The number of unbranched alkanes of at least 4 members (excludes halogenated alkanes) is 1. The molecule has 0 bridgehead atoms. The summed E-state index contributed by atoms with van der Waals surface area (Å²) in [5.74, 6) is 0. The molecule has 1 aliphatic rings. The van der Waals surface area contributed by atoms with Crippen LogP contribution in [-0.2, 0) is 0 Å². The Morgan fingerprint density at radius 2 is 1.76 bits per heavy atom. The lowest BCUT2D eigenvalue weighted by Gasteiger charge is -2.31. The fraction of sp³-hybridized carbons (Fsp3) is 1.00. The first-order valence-electron chi connectivity index (χ1n) is 7.36. The molecule has 0 heterocycles. The first-order chi connectivity index (χ1) is 8.34. The molecule has 3 nitrogen and oxygen atoms in total. The Hall–Kier alpha value is -0.120. The van der Waals surface area contributed by atoms with Gasteiger partial charge >= 0.3 is 0 Å². The maximum atomic E-state index is 8.65. The van der Waals surface area contributed by atoms with E-state index in [1.165, 1.54) is 45.1 Å². The van der Waals surface area contributed by atoms with Crippen molar-refractivity contribution in [2.24, 2.45) is 0 Å². The summed E-state index contributed by atoms with van der Waals surface area (Å²) >= 11 is 0. The highest BCUT2D eigenvalue weighted by molar-refractivity contribution is 4.73. The van der Waals surface area contributed by atoms with Gasteiger partial charge in [0.05, 0.1) is 0 Å². The van der Waals surface area contributed by atoms with Gasteiger partial charge in [0.25, 0.3) is 0 Å². The van der Waals surface area contributed by atoms with Crippen LogP contribution >= 0.6 is 0 Å². The molecule has 1 fully saturated rings. The first-order valence-corrected chi connectivity index (χ1v) is 7.36. The molecule has 0 aromatic rings. The Bertz CT molecular complexity index is 170. The molecule has 102 valence electrons. The molecule has 0 aromatic carbocycles. The van der Waals surface area contributed by atoms with E-state index in [-0.39, 0.29) is 0 Å². The smallest absolute Gasteiger partial charge is 0.0431 e. The highest BCUT2D eigenvalue weighted by atomic mass is 16.2. The second-order valence-corrected chi connectivity index (χ2v) is 5.31. The number of aliphatic hydroxyl groups excluding tert-OH is 1. The van der Waals surface area contributed by atoms with Crippen molar-refractivity contribution in [2.75, 3.05) is 33.3 Å². The number of rotatable bonds is 9. The van der Waals surface area contributed by atoms with Crippen LogP contribution in [0, 0.1) is 0 Å². The van der Waals surface area contributed by atoms with E-state index in [0.717, 1.165) is 32.0 Å². The van der Waals surface area contributed by atoms with Gasteiger partial charge in [0, 0.05) is 12.6 Å². The molecule has 1 aliphatic carbocycles. The fourth-order valence-corrected chi connectivity index (χ4v) is 2.64. The topological polar surface area (TPSA) is 35.5 Å². The fourth-order valence-electron chi connectivity index (χ4n) is 2.64. The third kappa shape index (κ3) is 7.02. The van der Waals surface area contributed by atoms with E-state index in [9.17, 15) is 0 Å². The summed E-state index contributed by atoms with van der Waals surface area (Å²) in [6.07, 6.45) is 10.4. The van der Waals surface area contributed by atoms with Crippen molar-refractivity contribution >= 4 is 0 Å². The van der Waals surface area contributed by atoms with Crippen LogP contribution in [0.25, 0.3) is 0 Å². The molecular formula is C14H30N2O. The molecule has 0 radical (unpaired) electrons. The van der Waals surface area contributed by atoms with E-state index < -0.39 is 0 Å². The van der Waals surface area contributed by atoms with Gasteiger partial charge in [0.1, 0.15) is 0 Å². The van der Waals surface area contributed by atoms with Crippen molar-refractivity contribution in [3.8, 4) is 0 Å². The van der Waals surface area contributed by atoms with Crippen LogP contribution in [0.1, 0.15) is 51.4 Å². The summed E-state index contributed by atoms with van der Waals surface area (Å²) in [6.45, 7) is 3.71. The number of hydrogen-bond acceptors (Lipinski definition) is 3. The van der Waals surface area contributed by atoms with E-state index in [4.69, 9.17) is 5.11 Å². The van der Waals surface area contributed by atoms with Gasteiger partial charge in [-0.15, -0.1) is 0 Å². The summed E-state index contributed by atoms with van der Waals surface area (Å²) in [5, 5.41) is 12.1. The highest BCUT2D eigenvalue weighted by Crippen LogP contribution is 2.21. The van der Waals surface area contributed by atoms with E-state index >= 15 is 0 Å². The van der Waals surface area contributed by atoms with Gasteiger partial charge in [0.2, 0.25) is 0 Å². The average Bonchev–Trinajstić information content (AvgIpc) is 2.38. The standard InChI is InChI=1S/C14H30N2O/c1-16(14-8-3-2-4-9-14)12-7-11-15-10-5-6-13-17/h14-15,17H,2-13H2,1H3. The molecule has 2 N–H and O–H groups in total. The molecule has 17 heavy (non-hydrogen) atoms. The molecule has 0 unspecified atom stereocenters. The number of hydrogen-bond donors (Lipinski definition) is 2. The summed E-state index contributed by atoms with van der Waals surface area (Å²) in [7, 11) is 2.28. The van der Waals surface area contributed by atoms with Gasteiger partial charge in [-0.1, -0.05) is 19.3 Å². The Balaban J connectivity index is 1.90. The van der Waals surface area contributed by atoms with Crippen LogP contribution in [0.2, 0.25) is 0 Å². The van der Waals surface area contributed by atoms with Crippen molar-refractivity contribution in [1.29, 1.82) is 0 Å². The maximum Gasteiger partial charge on any atom is 0.0431 e. The van der Waals surface area contributed by atoms with Gasteiger partial charge in [0.15, 0.2) is 0 Å². The largest absolute Gasteiger partial charge is 0.396 e. The lowest BCUT2D eigenvalue weighted by atomic mass is 9.94. The molecule has 1 rings (SSSR count). The average molecular weight is 242 g/mol. The third-order valence-electron chi connectivity index (χ3n) is 3.82. The minimum Gasteiger partial charge on any atom is -0.396 e. The second-order valence-electron chi connectivity index (χ2n) is 5.31. The van der Waals surface area contributed by atoms with Crippen LogP contribution < -0.4 is 5.32 Å². The summed E-state index contributed by atoms with van der Waals surface area (Å²) < 4.78 is 0. The number of nitrogens with zero attached hydrogens (tertiary/aromatic N) is 1. The maximum absolute atomic E-state index is 8.65. The molecule has 1 saturated carbocycles. The van der Waals surface area contributed by atoms with Crippen molar-refractivity contribution in [3.05, 3.63) is 0 Å². The van der Waals surface area contributed by atoms with Gasteiger partial charge in [-0.2, -0.15) is 0 Å². The Labute approximate surface area is 107 Å². The number of aliphatic hydroxyl groups is 1. The van der Waals surface area contributed by atoms with Crippen LogP contribution in [0.5, 0.6) is 0 Å². The zero-order chi connectivity index (χ0) is 12.3. The molecule has 0 spiro atoms. The van der Waals surface area contributed by atoms with Crippen molar-refractivity contribution in [3.63, 3.8) is 0 Å². The predicted octanol–water partition coefficient (Wildman–Crippen LogP) is 2.00. The second kappa shape index (κ2) is 9.86. The molecule has 0 atom stereocenters. The normalized spacial score (nSPS) is 17.8. The molecular weight excluding hydrogens is 212 g/mol. The quantitative estimate of drug-likeness (QED) is 0.607. The van der Waals surface area contributed by atoms with Gasteiger partial charge < -0.3 is 15.3 Å². The monoisotopic (exact) mass is 242 g/mol. The van der Waals surface area contributed by atoms with Crippen LogP contribution in [-0.4, -0.2) is 49.3 Å². The third-order valence-corrected chi connectivity index (χ3v) is 3.82. The summed E-state index contributed by atoms with van der Waals surface area (Å²) in [6, 6.07) is 0.845. The Morgan fingerprint density at radius 1 is 1.06 bits per heavy atom. The van der Waals surface area contributed by atoms with Crippen molar-refractivity contribution in [1.82, 2.24) is 10.2 Å². The SMILES string of the molecule is CN(CCCNCCCCO)C1CCCCC1. The van der Waals surface area contributed by atoms with Crippen molar-refractivity contribution in [2.45, 2.75) is 57.4 Å². The van der Waals surface area contributed by atoms with E-state index in [1.807, 2.05) is 0 Å². The predicted molar refractivity (Wildman–Crippen MR) is 73.3 cm³/mol. The molecule has 0 saturated heterocycles. The summed E-state index contributed by atoms with van der Waals surface area (Å²) in [4.78, 5) is 2.55. The van der Waals surface area contributed by atoms with Gasteiger partial charge in [-0.05, 0) is 58.8 Å². The lowest BCUT2D eigenvalue weighted by molar-refractivity contribution is 0.189. The zero-order valence-electron chi connectivity index (χ0n) is 11.5. The van der Waals surface area contributed by atoms with Gasteiger partial charge in [-0.3, -0.25) is 0 Å².